The van der Waals surface area contributed by atoms with Crippen molar-refractivity contribution in [3.63, 3.8) is 0 Å². The number of carbonyl (C=O) groups is 1. The molecule has 6 N–H and O–H groups in total. The number of para-hydroxylation sites is 2. The van der Waals surface area contributed by atoms with E-state index in [-0.39, 0.29) is 30.3 Å². The summed E-state index contributed by atoms with van der Waals surface area (Å²) in [6.45, 7) is 3.11. The minimum absolute atomic E-state index is 0.0580. The van der Waals surface area contributed by atoms with E-state index in [0.29, 0.717) is 56.4 Å². The van der Waals surface area contributed by atoms with Gasteiger partial charge >= 0.3 is 0 Å². The topological polar surface area (TPSA) is 174 Å². The summed E-state index contributed by atoms with van der Waals surface area (Å²) in [5, 5.41) is 11.2. The first kappa shape index (κ1) is 23.6. The Morgan fingerprint density at radius 3 is 2.78 bits per heavy atom. The zero-order valence-corrected chi connectivity index (χ0v) is 20.7. The maximum atomic E-state index is 13.0. The average molecular weight is 506 g/mol. The van der Waals surface area contributed by atoms with Gasteiger partial charge in [0.05, 0.1) is 35.6 Å². The monoisotopic (exact) mass is 505 g/mol. The molecule has 1 aromatic carbocycles. The van der Waals surface area contributed by atoms with Crippen LogP contribution in [0.2, 0.25) is 0 Å². The van der Waals surface area contributed by atoms with Gasteiger partial charge in [0.25, 0.3) is 0 Å². The maximum Gasteiger partial charge on any atom is 0.224 e. The van der Waals surface area contributed by atoms with Gasteiger partial charge in [0.2, 0.25) is 11.9 Å². The maximum absolute atomic E-state index is 13.0. The molecule has 0 aliphatic carbocycles. The number of hydrogen-bond acceptors (Lipinski definition) is 9. The Morgan fingerprint density at radius 2 is 2.00 bits per heavy atom. The molecular formula is C25H31N9O3. The van der Waals surface area contributed by atoms with E-state index in [1.165, 1.54) is 0 Å². The van der Waals surface area contributed by atoms with E-state index in [9.17, 15) is 9.90 Å². The Labute approximate surface area is 213 Å². The lowest BCUT2D eigenvalue weighted by Crippen LogP contribution is -2.57. The van der Waals surface area contributed by atoms with Crippen LogP contribution in [0.4, 0.5) is 11.8 Å². The Bertz CT molecular complexity index is 1440. The summed E-state index contributed by atoms with van der Waals surface area (Å²) in [7, 11) is 0. The summed E-state index contributed by atoms with van der Waals surface area (Å²) in [6.07, 6.45) is 4.51. The van der Waals surface area contributed by atoms with E-state index < -0.39 is 11.2 Å². The fourth-order valence-electron chi connectivity index (χ4n) is 5.63. The number of aryl methyl sites for hydroxylation is 1. The van der Waals surface area contributed by atoms with Crippen molar-refractivity contribution in [1.29, 1.82) is 0 Å². The van der Waals surface area contributed by atoms with Crippen LogP contribution in [-0.2, 0) is 16.0 Å². The van der Waals surface area contributed by atoms with Gasteiger partial charge < -0.3 is 35.8 Å². The number of H-pyrrole nitrogens is 1. The number of ether oxygens (including phenoxy) is 1. The highest BCUT2D eigenvalue weighted by Crippen LogP contribution is 2.44. The van der Waals surface area contributed by atoms with Crippen molar-refractivity contribution in [3.05, 3.63) is 36.4 Å². The molecule has 12 heteroatoms. The van der Waals surface area contributed by atoms with Gasteiger partial charge in [-0.3, -0.25) is 4.79 Å². The molecule has 1 amide bonds. The number of aliphatic hydroxyl groups is 1. The Balaban J connectivity index is 1.13. The van der Waals surface area contributed by atoms with E-state index in [1.807, 2.05) is 33.7 Å². The number of nitrogens with two attached hydrogens (primary N) is 2. The van der Waals surface area contributed by atoms with Crippen molar-refractivity contribution < 1.29 is 14.6 Å². The average Bonchev–Trinajstić information content (AvgIpc) is 3.49. The van der Waals surface area contributed by atoms with Crippen molar-refractivity contribution in [2.75, 3.05) is 31.2 Å². The molecule has 4 aromatic rings. The number of imidazole rings is 2. The van der Waals surface area contributed by atoms with Crippen LogP contribution in [0.1, 0.15) is 44.5 Å². The molecule has 37 heavy (non-hydrogen) atoms. The number of piperidine rings is 1. The smallest absolute Gasteiger partial charge is 0.224 e. The first-order valence-electron chi connectivity index (χ1n) is 12.6. The molecule has 5 heterocycles. The third-order valence-electron chi connectivity index (χ3n) is 7.80. The highest BCUT2D eigenvalue weighted by Gasteiger charge is 2.50. The van der Waals surface area contributed by atoms with Crippen LogP contribution in [0.5, 0.6) is 0 Å². The molecule has 2 saturated heterocycles. The summed E-state index contributed by atoms with van der Waals surface area (Å²) < 4.78 is 8.11. The number of carbonyl (C=O) groups excluding carboxylic acids is 1. The van der Waals surface area contributed by atoms with Crippen LogP contribution in [0.15, 0.2) is 30.6 Å². The molecule has 0 saturated carbocycles. The first-order chi connectivity index (χ1) is 17.7. The predicted octanol–water partition coefficient (Wildman–Crippen LogP) is 1.57. The van der Waals surface area contributed by atoms with Gasteiger partial charge in [-0.25, -0.2) is 9.97 Å². The molecule has 2 atom stereocenters. The second-order valence-electron chi connectivity index (χ2n) is 10.4. The van der Waals surface area contributed by atoms with Crippen molar-refractivity contribution in [2.24, 2.45) is 0 Å². The predicted molar refractivity (Wildman–Crippen MR) is 137 cm³/mol. The third kappa shape index (κ3) is 4.25. The molecule has 2 aliphatic rings. The molecule has 6 rings (SSSR count). The van der Waals surface area contributed by atoms with Gasteiger partial charge in [0.1, 0.15) is 16.9 Å². The highest BCUT2D eigenvalue weighted by molar-refractivity contribution is 5.82. The van der Waals surface area contributed by atoms with Gasteiger partial charge in [-0.15, -0.1) is 0 Å². The normalized spacial score (nSPS) is 23.7. The zero-order chi connectivity index (χ0) is 25.8. The van der Waals surface area contributed by atoms with Crippen LogP contribution >= 0.6 is 0 Å². The zero-order valence-electron chi connectivity index (χ0n) is 20.7. The number of benzene rings is 1. The van der Waals surface area contributed by atoms with Crippen LogP contribution in [0.25, 0.3) is 22.2 Å². The summed E-state index contributed by atoms with van der Waals surface area (Å²) in [5.74, 6) is 1.19. The molecule has 0 bridgehead atoms. The van der Waals surface area contributed by atoms with Crippen molar-refractivity contribution in [2.45, 2.75) is 56.3 Å². The van der Waals surface area contributed by atoms with Crippen LogP contribution in [0.3, 0.4) is 0 Å². The lowest BCUT2D eigenvalue weighted by atomic mass is 9.77. The van der Waals surface area contributed by atoms with Crippen molar-refractivity contribution in [3.8, 4) is 0 Å². The van der Waals surface area contributed by atoms with Crippen LogP contribution in [-0.4, -0.2) is 76.3 Å². The molecular weight excluding hydrogens is 474 g/mol. The Kier molecular flexibility index (Phi) is 5.53. The number of aromatic nitrogens is 6. The SMILES string of the molecule is C[C@]1(O)COC2(CCN(C(=O)CCc3nc4ccccc4[nH]3)CC2)C[C@@H]1n1cnc2c(N)nc(N)nc21. The molecule has 0 unspecified atom stereocenters. The van der Waals surface area contributed by atoms with Gasteiger partial charge in [-0.1, -0.05) is 12.1 Å². The molecule has 2 aliphatic heterocycles. The van der Waals surface area contributed by atoms with E-state index in [1.54, 1.807) is 13.3 Å². The minimum Gasteiger partial charge on any atom is -0.386 e. The van der Waals surface area contributed by atoms with E-state index in [2.05, 4.69) is 24.9 Å². The Hall–Kier alpha value is -3.77. The molecule has 0 radical (unpaired) electrons. The molecule has 12 nitrogen and oxygen atoms in total. The molecule has 1 spiro atoms. The number of aromatic amines is 1. The highest BCUT2D eigenvalue weighted by atomic mass is 16.5. The molecule has 194 valence electrons. The quantitative estimate of drug-likeness (QED) is 0.321. The minimum atomic E-state index is -1.15. The summed E-state index contributed by atoms with van der Waals surface area (Å²) in [5.41, 5.74) is 13.1. The fraction of sp³-hybridized carbons (Fsp3) is 0.480. The van der Waals surface area contributed by atoms with E-state index in [0.717, 1.165) is 16.9 Å². The van der Waals surface area contributed by atoms with E-state index >= 15 is 0 Å². The summed E-state index contributed by atoms with van der Waals surface area (Å²) in [4.78, 5) is 35.4. The molecule has 3 aromatic heterocycles. The number of hydrogen-bond donors (Lipinski definition) is 4. The summed E-state index contributed by atoms with van der Waals surface area (Å²) in [6, 6.07) is 7.50. The van der Waals surface area contributed by atoms with Gasteiger partial charge in [0.15, 0.2) is 11.5 Å². The van der Waals surface area contributed by atoms with Crippen molar-refractivity contribution >= 4 is 39.9 Å². The summed E-state index contributed by atoms with van der Waals surface area (Å²) >= 11 is 0. The number of anilines is 2. The first-order valence-corrected chi connectivity index (χ1v) is 12.6. The van der Waals surface area contributed by atoms with Gasteiger partial charge in [-0.2, -0.15) is 9.97 Å². The number of amides is 1. The lowest BCUT2D eigenvalue weighted by Gasteiger charge is -2.51. The Morgan fingerprint density at radius 1 is 1.22 bits per heavy atom. The second-order valence-corrected chi connectivity index (χ2v) is 10.4. The number of nitrogens with one attached hydrogen (secondary N) is 1. The fourth-order valence-corrected chi connectivity index (χ4v) is 5.63. The second kappa shape index (κ2) is 8.67. The molecule has 2 fully saturated rings. The van der Waals surface area contributed by atoms with Gasteiger partial charge in [0, 0.05) is 32.4 Å². The number of likely N-dealkylation sites (tertiary alicyclic amines) is 1. The number of fused-ring (bicyclic) bond motifs is 2. The van der Waals surface area contributed by atoms with E-state index in [4.69, 9.17) is 16.2 Å². The van der Waals surface area contributed by atoms with Crippen LogP contribution < -0.4 is 11.5 Å². The number of rotatable bonds is 4. The van der Waals surface area contributed by atoms with Crippen molar-refractivity contribution in [1.82, 2.24) is 34.4 Å². The lowest BCUT2D eigenvalue weighted by molar-refractivity contribution is -0.201. The third-order valence-corrected chi connectivity index (χ3v) is 7.80. The standard InChI is InChI=1S/C25H31N9O3/c1-24(36)13-37-25(12-17(24)34-14-28-20-21(26)31-23(27)32-22(20)34)8-10-33(11-9-25)19(35)7-6-18-29-15-4-2-3-5-16(15)30-18/h2-5,14,17,36H,6-13H2,1H3,(H,29,30)(H4,26,27,31,32)/t17-,24-/m0/s1. The van der Waals surface area contributed by atoms with Gasteiger partial charge in [-0.05, 0) is 31.9 Å². The number of nitrogen functional groups attached to an aromatic ring is 2. The largest absolute Gasteiger partial charge is 0.386 e. The number of nitrogens with zero attached hydrogens (tertiary/aromatic N) is 6. The van der Waals surface area contributed by atoms with Crippen LogP contribution in [0, 0.1) is 0 Å².